The number of pyridine rings is 1. The molecule has 0 radical (unpaired) electrons. The molecule has 41 heavy (non-hydrogen) atoms. The lowest BCUT2D eigenvalue weighted by Gasteiger charge is -2.13. The number of carbonyl (C=O) groups is 2. The fourth-order valence-electron chi connectivity index (χ4n) is 3.92. The molecule has 0 spiro atoms. The van der Waals surface area contributed by atoms with Crippen LogP contribution in [0.4, 0.5) is 23.4 Å². The molecule has 0 saturated heterocycles. The molecule has 0 unspecified atom stereocenters. The maximum Gasteiger partial charge on any atom is 0.417 e. The lowest BCUT2D eigenvalue weighted by Crippen LogP contribution is -2.28. The summed E-state index contributed by atoms with van der Waals surface area (Å²) in [5.74, 6) is -2.85. The molecule has 5 rings (SSSR count). The molecule has 1 N–H and O–H groups in total. The molecule has 0 aliphatic heterocycles. The van der Waals surface area contributed by atoms with Crippen LogP contribution in [0.2, 0.25) is 4.34 Å². The summed E-state index contributed by atoms with van der Waals surface area (Å²) in [6.07, 6.45) is -2.68. The van der Waals surface area contributed by atoms with Crippen LogP contribution >= 0.6 is 22.9 Å². The van der Waals surface area contributed by atoms with Crippen molar-refractivity contribution >= 4 is 40.4 Å². The summed E-state index contributed by atoms with van der Waals surface area (Å²) in [4.78, 5) is 39.9. The van der Waals surface area contributed by atoms with E-state index in [9.17, 15) is 31.9 Å². The Hall–Kier alpha value is -4.56. The van der Waals surface area contributed by atoms with Gasteiger partial charge in [0.2, 0.25) is 0 Å². The predicted molar refractivity (Wildman–Crippen MR) is 141 cm³/mol. The average Bonchev–Trinajstić information content (AvgIpc) is 3.70. The standard InChI is InChI=1S/C26H16ClF4N5O4S/c27-21-7-5-15(41-21)11-32-23-9-19(34-36(23)25(39)16-3-1-2-4-18(16)26(29,30)31)17-6-8-22(28)35(24(17)38)12-20(37)14-10-33-40-13-14/h1-10,13,32H,11-12H2. The number of Topliss-reactive ketones (excluding diaryl/α,β-unsaturated/α-hetero) is 1. The molecule has 0 aliphatic carbocycles. The van der Waals surface area contributed by atoms with Crippen molar-refractivity contribution in [3.05, 3.63) is 109 Å². The zero-order valence-electron chi connectivity index (χ0n) is 20.5. The summed E-state index contributed by atoms with van der Waals surface area (Å²) >= 11 is 7.21. The van der Waals surface area contributed by atoms with E-state index < -0.39 is 47.0 Å². The molecule has 210 valence electrons. The van der Waals surface area contributed by atoms with Crippen molar-refractivity contribution in [2.75, 3.05) is 5.32 Å². The van der Waals surface area contributed by atoms with E-state index in [4.69, 9.17) is 11.6 Å². The molecule has 9 nitrogen and oxygen atoms in total. The van der Waals surface area contributed by atoms with Gasteiger partial charge in [0.1, 0.15) is 17.8 Å². The largest absolute Gasteiger partial charge is 0.417 e. The number of carbonyl (C=O) groups excluding carboxylic acids is 2. The van der Waals surface area contributed by atoms with E-state index in [2.05, 4.69) is 20.1 Å². The van der Waals surface area contributed by atoms with E-state index >= 15 is 0 Å². The Kier molecular flexibility index (Phi) is 7.60. The van der Waals surface area contributed by atoms with Crippen molar-refractivity contribution in [3.63, 3.8) is 0 Å². The SMILES string of the molecule is O=C(Cn1c(F)ccc(-c2cc(NCc3ccc(Cl)s3)n(C(=O)c3ccccc3C(F)(F)F)n2)c1=O)c1cnoc1. The van der Waals surface area contributed by atoms with Gasteiger partial charge in [-0.2, -0.15) is 27.3 Å². The van der Waals surface area contributed by atoms with Crippen molar-refractivity contribution in [1.29, 1.82) is 0 Å². The number of benzene rings is 1. The molecular weight excluding hydrogens is 590 g/mol. The number of nitrogens with zero attached hydrogens (tertiary/aromatic N) is 4. The lowest BCUT2D eigenvalue weighted by atomic mass is 10.1. The number of alkyl halides is 3. The molecule has 0 fully saturated rings. The smallest absolute Gasteiger partial charge is 0.365 e. The summed E-state index contributed by atoms with van der Waals surface area (Å²) in [5.41, 5.74) is -3.14. The van der Waals surface area contributed by atoms with Crippen molar-refractivity contribution in [3.8, 4) is 11.3 Å². The van der Waals surface area contributed by atoms with Crippen LogP contribution in [-0.2, 0) is 19.3 Å². The van der Waals surface area contributed by atoms with E-state index in [1.807, 2.05) is 0 Å². The van der Waals surface area contributed by atoms with Crippen LogP contribution in [0, 0.1) is 5.95 Å². The first-order valence-electron chi connectivity index (χ1n) is 11.6. The number of hydrogen-bond acceptors (Lipinski definition) is 8. The maximum atomic E-state index is 14.6. The van der Waals surface area contributed by atoms with E-state index in [1.165, 1.54) is 23.5 Å². The fraction of sp³-hybridized carbons (Fsp3) is 0.115. The third kappa shape index (κ3) is 5.83. The first-order valence-corrected chi connectivity index (χ1v) is 12.8. The lowest BCUT2D eigenvalue weighted by molar-refractivity contribution is -0.137. The van der Waals surface area contributed by atoms with Gasteiger partial charge in [0.15, 0.2) is 11.7 Å². The highest BCUT2D eigenvalue weighted by molar-refractivity contribution is 7.16. The summed E-state index contributed by atoms with van der Waals surface area (Å²) in [5, 5.41) is 10.5. The minimum absolute atomic E-state index is 0.0140. The molecule has 0 amide bonds. The molecule has 1 aromatic carbocycles. The van der Waals surface area contributed by atoms with Crippen LogP contribution in [0.3, 0.4) is 0 Å². The van der Waals surface area contributed by atoms with Gasteiger partial charge >= 0.3 is 6.18 Å². The average molecular weight is 606 g/mol. The van der Waals surface area contributed by atoms with Gasteiger partial charge in [-0.3, -0.25) is 19.0 Å². The monoisotopic (exact) mass is 605 g/mol. The Morgan fingerprint density at radius 2 is 1.88 bits per heavy atom. The number of nitrogens with one attached hydrogen (secondary N) is 1. The molecule has 0 atom stereocenters. The Morgan fingerprint density at radius 3 is 2.56 bits per heavy atom. The molecule has 4 aromatic heterocycles. The third-order valence-corrected chi connectivity index (χ3v) is 7.12. The highest BCUT2D eigenvalue weighted by atomic mass is 35.5. The third-order valence-electron chi connectivity index (χ3n) is 5.89. The molecule has 0 bridgehead atoms. The zero-order valence-corrected chi connectivity index (χ0v) is 22.1. The number of halogens is 5. The number of thiophene rings is 1. The molecule has 15 heteroatoms. The fourth-order valence-corrected chi connectivity index (χ4v) is 4.95. The number of hydrogen-bond donors (Lipinski definition) is 1. The van der Waals surface area contributed by atoms with E-state index in [0.29, 0.717) is 13.6 Å². The highest BCUT2D eigenvalue weighted by Crippen LogP contribution is 2.33. The van der Waals surface area contributed by atoms with Crippen LogP contribution in [0.1, 0.15) is 31.2 Å². The van der Waals surface area contributed by atoms with Crippen LogP contribution < -0.4 is 10.9 Å². The summed E-state index contributed by atoms with van der Waals surface area (Å²) in [6, 6.07) is 10.9. The van der Waals surface area contributed by atoms with Crippen molar-refractivity contribution < 1.29 is 31.7 Å². The number of aromatic nitrogens is 4. The molecule has 0 saturated carbocycles. The Balaban J connectivity index is 1.57. The minimum Gasteiger partial charge on any atom is -0.365 e. The van der Waals surface area contributed by atoms with Crippen LogP contribution in [0.5, 0.6) is 0 Å². The van der Waals surface area contributed by atoms with Gasteiger partial charge in [-0.25, -0.2) is 0 Å². The van der Waals surface area contributed by atoms with Gasteiger partial charge < -0.3 is 9.84 Å². The van der Waals surface area contributed by atoms with Gasteiger partial charge in [-0.15, -0.1) is 11.3 Å². The molecule has 4 heterocycles. The second kappa shape index (κ2) is 11.1. The molecule has 5 aromatic rings. The van der Waals surface area contributed by atoms with Crippen LogP contribution in [-0.4, -0.2) is 31.2 Å². The van der Waals surface area contributed by atoms with Gasteiger partial charge in [-0.1, -0.05) is 28.9 Å². The zero-order chi connectivity index (χ0) is 29.3. The van der Waals surface area contributed by atoms with Crippen LogP contribution in [0.15, 0.2) is 76.4 Å². The second-order valence-corrected chi connectivity index (χ2v) is 10.3. The Morgan fingerprint density at radius 1 is 1.10 bits per heavy atom. The normalized spacial score (nSPS) is 11.5. The van der Waals surface area contributed by atoms with Gasteiger partial charge in [0, 0.05) is 10.9 Å². The number of rotatable bonds is 8. The first-order chi connectivity index (χ1) is 19.5. The summed E-state index contributed by atoms with van der Waals surface area (Å²) in [7, 11) is 0. The second-order valence-electron chi connectivity index (χ2n) is 8.53. The van der Waals surface area contributed by atoms with Crippen molar-refractivity contribution in [2.24, 2.45) is 0 Å². The maximum absolute atomic E-state index is 14.6. The summed E-state index contributed by atoms with van der Waals surface area (Å²) in [6.45, 7) is -0.569. The van der Waals surface area contributed by atoms with Crippen LogP contribution in [0.25, 0.3) is 11.3 Å². The minimum atomic E-state index is -4.83. The van der Waals surface area contributed by atoms with Gasteiger partial charge in [-0.05, 0) is 36.4 Å². The van der Waals surface area contributed by atoms with Crippen molar-refractivity contribution in [1.82, 2.24) is 19.5 Å². The van der Waals surface area contributed by atoms with E-state index in [-0.39, 0.29) is 29.2 Å². The highest BCUT2D eigenvalue weighted by Gasteiger charge is 2.36. The van der Waals surface area contributed by atoms with Gasteiger partial charge in [0.05, 0.1) is 45.9 Å². The number of anilines is 1. The Bertz CT molecular complexity index is 1810. The first kappa shape index (κ1) is 28.0. The van der Waals surface area contributed by atoms with Crippen molar-refractivity contribution in [2.45, 2.75) is 19.3 Å². The predicted octanol–water partition coefficient (Wildman–Crippen LogP) is 5.76. The Labute approximate surface area is 236 Å². The summed E-state index contributed by atoms with van der Waals surface area (Å²) < 4.78 is 62.0. The van der Waals surface area contributed by atoms with Gasteiger partial charge in [0.25, 0.3) is 11.5 Å². The molecular formula is C26H16ClF4N5O4S. The van der Waals surface area contributed by atoms with E-state index in [0.717, 1.165) is 47.7 Å². The molecule has 0 aliphatic rings. The van der Waals surface area contributed by atoms with E-state index in [1.54, 1.807) is 12.1 Å². The quantitative estimate of drug-likeness (QED) is 0.136. The number of ketones is 1. The topological polar surface area (TPSA) is 112 Å².